The van der Waals surface area contributed by atoms with Crippen LogP contribution in [-0.2, 0) is 4.79 Å². The highest BCUT2D eigenvalue weighted by atomic mass is 16.3. The number of benzene rings is 1. The van der Waals surface area contributed by atoms with Crippen molar-refractivity contribution in [2.75, 3.05) is 25.0 Å². The van der Waals surface area contributed by atoms with Crippen molar-refractivity contribution in [2.24, 2.45) is 0 Å². The quantitative estimate of drug-likeness (QED) is 0.801. The topological polar surface area (TPSA) is 76.4 Å². The lowest BCUT2D eigenvalue weighted by atomic mass is 9.91. The molecule has 2 N–H and O–H groups in total. The van der Waals surface area contributed by atoms with Gasteiger partial charge in [0.15, 0.2) is 0 Å². The van der Waals surface area contributed by atoms with Gasteiger partial charge in [-0.05, 0) is 25.0 Å². The van der Waals surface area contributed by atoms with Crippen LogP contribution in [0.2, 0.25) is 0 Å². The first kappa shape index (κ1) is 15.5. The van der Waals surface area contributed by atoms with E-state index in [9.17, 15) is 4.79 Å². The van der Waals surface area contributed by atoms with Crippen LogP contribution in [0, 0.1) is 11.3 Å². The van der Waals surface area contributed by atoms with Crippen LogP contribution in [0.25, 0.3) is 0 Å². The smallest absolute Gasteiger partial charge is 0.225 e. The van der Waals surface area contributed by atoms with Gasteiger partial charge in [0, 0.05) is 25.6 Å². The Bertz CT molecular complexity index is 520. The highest BCUT2D eigenvalue weighted by Gasteiger charge is 2.24. The van der Waals surface area contributed by atoms with E-state index < -0.39 is 0 Å². The molecule has 0 radical (unpaired) electrons. The van der Waals surface area contributed by atoms with Gasteiger partial charge in [-0.3, -0.25) is 9.69 Å². The number of aliphatic hydroxyl groups excluding tert-OH is 1. The second-order valence-corrected chi connectivity index (χ2v) is 5.30. The molecule has 0 aromatic heterocycles. The van der Waals surface area contributed by atoms with E-state index in [1.807, 2.05) is 0 Å². The molecule has 0 aliphatic heterocycles. The Morgan fingerprint density at radius 3 is 2.76 bits per heavy atom. The summed E-state index contributed by atoms with van der Waals surface area (Å²) in [4.78, 5) is 14.2. The highest BCUT2D eigenvalue weighted by molar-refractivity contribution is 5.92. The van der Waals surface area contributed by atoms with Crippen molar-refractivity contribution in [1.82, 2.24) is 4.90 Å². The molecular formula is C16H21N3O2. The van der Waals surface area contributed by atoms with Gasteiger partial charge in [0.05, 0.1) is 17.9 Å². The van der Waals surface area contributed by atoms with Crippen molar-refractivity contribution in [3.63, 3.8) is 0 Å². The number of nitrogens with zero attached hydrogens (tertiary/aromatic N) is 2. The Kier molecular flexibility index (Phi) is 5.73. The van der Waals surface area contributed by atoms with Crippen molar-refractivity contribution in [1.29, 1.82) is 5.26 Å². The molecule has 5 heteroatoms. The molecule has 1 aromatic rings. The van der Waals surface area contributed by atoms with Gasteiger partial charge in [0.25, 0.3) is 0 Å². The number of aliphatic hydroxyl groups is 1. The Morgan fingerprint density at radius 1 is 1.38 bits per heavy atom. The average molecular weight is 287 g/mol. The maximum Gasteiger partial charge on any atom is 0.225 e. The molecular weight excluding hydrogens is 266 g/mol. The molecule has 1 aliphatic rings. The summed E-state index contributed by atoms with van der Waals surface area (Å²) in [5.41, 5.74) is 1.03. The van der Waals surface area contributed by atoms with Gasteiger partial charge >= 0.3 is 0 Å². The minimum atomic E-state index is -0.0973. The molecule has 0 unspecified atom stereocenters. The predicted octanol–water partition coefficient (Wildman–Crippen LogP) is 1.73. The summed E-state index contributed by atoms with van der Waals surface area (Å²) in [6.45, 7) is 1.38. The van der Waals surface area contributed by atoms with E-state index in [0.717, 1.165) is 12.8 Å². The van der Waals surface area contributed by atoms with Crippen molar-refractivity contribution in [3.8, 4) is 6.07 Å². The summed E-state index contributed by atoms with van der Waals surface area (Å²) in [5.74, 6) is -0.0973. The maximum absolute atomic E-state index is 12.0. The van der Waals surface area contributed by atoms with Gasteiger partial charge in [-0.25, -0.2) is 0 Å². The van der Waals surface area contributed by atoms with Gasteiger partial charge in [-0.15, -0.1) is 0 Å². The van der Waals surface area contributed by atoms with Crippen molar-refractivity contribution in [3.05, 3.63) is 29.8 Å². The summed E-state index contributed by atoms with van der Waals surface area (Å²) in [7, 11) is 0. The standard InChI is InChI=1S/C16H21N3O2/c17-12-13-4-1-2-7-15(13)18-16(21)8-9-19(10-11-20)14-5-3-6-14/h1-2,4,7,14,20H,3,5-6,8-11H2,(H,18,21). The van der Waals surface area contributed by atoms with Crippen LogP contribution in [0.15, 0.2) is 24.3 Å². The first-order chi connectivity index (χ1) is 10.2. The number of nitrogens with one attached hydrogen (secondary N) is 1. The fourth-order valence-corrected chi connectivity index (χ4v) is 2.50. The van der Waals surface area contributed by atoms with Gasteiger partial charge < -0.3 is 10.4 Å². The second kappa shape index (κ2) is 7.77. The van der Waals surface area contributed by atoms with Crippen LogP contribution in [-0.4, -0.2) is 41.7 Å². The molecule has 0 saturated heterocycles. The fraction of sp³-hybridized carbons (Fsp3) is 0.500. The fourth-order valence-electron chi connectivity index (χ4n) is 2.50. The van der Waals surface area contributed by atoms with Crippen LogP contribution in [0.5, 0.6) is 0 Å². The van der Waals surface area contributed by atoms with E-state index in [1.165, 1.54) is 6.42 Å². The number of para-hydroxylation sites is 1. The molecule has 1 aliphatic carbocycles. The van der Waals surface area contributed by atoms with Crippen LogP contribution in [0.3, 0.4) is 0 Å². The first-order valence-electron chi connectivity index (χ1n) is 7.38. The zero-order valence-corrected chi connectivity index (χ0v) is 12.1. The van der Waals surface area contributed by atoms with E-state index in [1.54, 1.807) is 24.3 Å². The summed E-state index contributed by atoms with van der Waals surface area (Å²) < 4.78 is 0. The number of carbonyl (C=O) groups excluding carboxylic acids is 1. The van der Waals surface area contributed by atoms with Gasteiger partial charge in [0.2, 0.25) is 5.91 Å². The van der Waals surface area contributed by atoms with Gasteiger partial charge in [-0.2, -0.15) is 5.26 Å². The molecule has 1 amide bonds. The van der Waals surface area contributed by atoms with Gasteiger partial charge in [-0.1, -0.05) is 18.6 Å². The Morgan fingerprint density at radius 2 is 2.14 bits per heavy atom. The third-order valence-corrected chi connectivity index (χ3v) is 3.93. The van der Waals surface area contributed by atoms with E-state index in [-0.39, 0.29) is 12.5 Å². The number of amides is 1. The molecule has 0 atom stereocenters. The van der Waals surface area contributed by atoms with E-state index >= 15 is 0 Å². The van der Waals surface area contributed by atoms with Crippen molar-refractivity contribution < 1.29 is 9.90 Å². The number of anilines is 1. The van der Waals surface area contributed by atoms with Gasteiger partial charge in [0.1, 0.15) is 6.07 Å². The molecule has 2 rings (SSSR count). The Balaban J connectivity index is 1.85. The lowest BCUT2D eigenvalue weighted by Crippen LogP contribution is -2.43. The molecule has 1 aromatic carbocycles. The monoisotopic (exact) mass is 287 g/mol. The van der Waals surface area contributed by atoms with E-state index in [4.69, 9.17) is 10.4 Å². The van der Waals surface area contributed by atoms with Crippen LogP contribution in [0.4, 0.5) is 5.69 Å². The molecule has 21 heavy (non-hydrogen) atoms. The first-order valence-corrected chi connectivity index (χ1v) is 7.38. The largest absolute Gasteiger partial charge is 0.395 e. The van der Waals surface area contributed by atoms with Crippen LogP contribution >= 0.6 is 0 Å². The minimum absolute atomic E-state index is 0.0973. The Hall–Kier alpha value is -1.90. The van der Waals surface area contributed by atoms with E-state index in [2.05, 4.69) is 16.3 Å². The lowest BCUT2D eigenvalue weighted by Gasteiger charge is -2.37. The molecule has 5 nitrogen and oxygen atoms in total. The molecule has 1 fully saturated rings. The SMILES string of the molecule is N#Cc1ccccc1NC(=O)CCN(CCO)C1CCC1. The molecule has 1 saturated carbocycles. The van der Waals surface area contributed by atoms with E-state index in [0.29, 0.717) is 36.8 Å². The van der Waals surface area contributed by atoms with Crippen molar-refractivity contribution >= 4 is 11.6 Å². The maximum atomic E-state index is 12.0. The second-order valence-electron chi connectivity index (χ2n) is 5.30. The minimum Gasteiger partial charge on any atom is -0.395 e. The summed E-state index contributed by atoms with van der Waals surface area (Å²) in [6.07, 6.45) is 3.91. The Labute approximate surface area is 125 Å². The zero-order valence-electron chi connectivity index (χ0n) is 12.1. The number of hydrogen-bond donors (Lipinski definition) is 2. The number of rotatable bonds is 7. The normalized spacial score (nSPS) is 14.5. The third kappa shape index (κ3) is 4.28. The number of carbonyl (C=O) groups is 1. The number of hydrogen-bond acceptors (Lipinski definition) is 4. The van der Waals surface area contributed by atoms with Crippen LogP contribution in [0.1, 0.15) is 31.2 Å². The highest BCUT2D eigenvalue weighted by Crippen LogP contribution is 2.24. The summed E-state index contributed by atoms with van der Waals surface area (Å²) >= 11 is 0. The molecule has 0 heterocycles. The third-order valence-electron chi connectivity index (χ3n) is 3.93. The predicted molar refractivity (Wildman–Crippen MR) is 80.7 cm³/mol. The molecule has 0 spiro atoms. The average Bonchev–Trinajstić information content (AvgIpc) is 2.43. The zero-order chi connectivity index (χ0) is 15.1. The lowest BCUT2D eigenvalue weighted by molar-refractivity contribution is -0.116. The summed E-state index contributed by atoms with van der Waals surface area (Å²) in [6, 6.07) is 9.55. The number of nitriles is 1. The molecule has 112 valence electrons. The van der Waals surface area contributed by atoms with Crippen molar-refractivity contribution in [2.45, 2.75) is 31.7 Å². The summed E-state index contributed by atoms with van der Waals surface area (Å²) in [5, 5.41) is 20.9. The van der Waals surface area contributed by atoms with Crippen LogP contribution < -0.4 is 5.32 Å². The molecule has 0 bridgehead atoms.